The lowest BCUT2D eigenvalue weighted by atomic mass is 9.93. The van der Waals surface area contributed by atoms with Crippen molar-refractivity contribution in [2.24, 2.45) is 5.73 Å². The van der Waals surface area contributed by atoms with Gasteiger partial charge < -0.3 is 15.9 Å². The van der Waals surface area contributed by atoms with Gasteiger partial charge in [-0.25, -0.2) is 0 Å². The molecule has 0 bridgehead atoms. The maximum Gasteiger partial charge on any atom is 0.169 e. The number of aliphatic hydroxyl groups excluding tert-OH is 1. The third-order valence-electron chi connectivity index (χ3n) is 4.63. The average molecular weight is 322 g/mol. The van der Waals surface area contributed by atoms with Crippen molar-refractivity contribution in [1.29, 1.82) is 0 Å². The predicted molar refractivity (Wildman–Crippen MR) is 97.3 cm³/mol. The second kappa shape index (κ2) is 10.8. The van der Waals surface area contributed by atoms with Crippen LogP contribution in [0.2, 0.25) is 0 Å². The van der Waals surface area contributed by atoms with Crippen LogP contribution in [0.4, 0.5) is 0 Å². The summed E-state index contributed by atoms with van der Waals surface area (Å²) in [5.41, 5.74) is 7.50. The standard InChI is InChI=1S/C20H35NO2/c1-3-4-5-6-7-8-9-10-17-11-13-18(14-12-17)15-16-20(2,21)19(22)23/h11-14,19,22-23H,3-10,15-16,21H2,1-2H3. The van der Waals surface area contributed by atoms with Crippen molar-refractivity contribution in [3.8, 4) is 0 Å². The largest absolute Gasteiger partial charge is 0.367 e. The number of unbranched alkanes of at least 4 members (excludes halogenated alkanes) is 6. The first-order valence-corrected chi connectivity index (χ1v) is 9.18. The highest BCUT2D eigenvalue weighted by Crippen LogP contribution is 2.16. The summed E-state index contributed by atoms with van der Waals surface area (Å²) in [6.07, 6.45) is 10.4. The molecule has 4 N–H and O–H groups in total. The zero-order valence-corrected chi connectivity index (χ0v) is 14.9. The van der Waals surface area contributed by atoms with E-state index in [9.17, 15) is 10.2 Å². The van der Waals surface area contributed by atoms with Crippen molar-refractivity contribution in [3.63, 3.8) is 0 Å². The van der Waals surface area contributed by atoms with Crippen molar-refractivity contribution in [2.75, 3.05) is 0 Å². The maximum atomic E-state index is 9.22. The van der Waals surface area contributed by atoms with Crippen LogP contribution < -0.4 is 5.73 Å². The Morgan fingerprint density at radius 1 is 0.870 bits per heavy atom. The Kier molecular flexibility index (Phi) is 9.46. The minimum Gasteiger partial charge on any atom is -0.367 e. The summed E-state index contributed by atoms with van der Waals surface area (Å²) in [5, 5.41) is 18.4. The fraction of sp³-hybridized carbons (Fsp3) is 0.700. The van der Waals surface area contributed by atoms with E-state index >= 15 is 0 Å². The maximum absolute atomic E-state index is 9.22. The lowest BCUT2D eigenvalue weighted by molar-refractivity contribution is -0.0927. The third kappa shape index (κ3) is 8.50. The zero-order chi connectivity index (χ0) is 17.1. The number of aliphatic hydroxyl groups is 2. The molecule has 0 aliphatic rings. The van der Waals surface area contributed by atoms with Gasteiger partial charge in [0, 0.05) is 0 Å². The van der Waals surface area contributed by atoms with Gasteiger partial charge in [0.1, 0.15) is 0 Å². The SMILES string of the molecule is CCCCCCCCCc1ccc(CCC(C)(N)C(O)O)cc1. The van der Waals surface area contributed by atoms with Gasteiger partial charge in [-0.3, -0.25) is 0 Å². The van der Waals surface area contributed by atoms with Crippen LogP contribution in [0.25, 0.3) is 0 Å². The highest BCUT2D eigenvalue weighted by atomic mass is 16.5. The molecule has 0 aliphatic carbocycles. The molecule has 0 saturated heterocycles. The van der Waals surface area contributed by atoms with Gasteiger partial charge >= 0.3 is 0 Å². The van der Waals surface area contributed by atoms with Crippen LogP contribution >= 0.6 is 0 Å². The minimum absolute atomic E-state index is 0.557. The van der Waals surface area contributed by atoms with Crippen LogP contribution in [0.1, 0.15) is 76.3 Å². The summed E-state index contributed by atoms with van der Waals surface area (Å²) in [5.74, 6) is 0. The normalized spacial score (nSPS) is 14.2. The fourth-order valence-electron chi connectivity index (χ4n) is 2.70. The van der Waals surface area contributed by atoms with Crippen molar-refractivity contribution in [2.45, 2.75) is 89.9 Å². The highest BCUT2D eigenvalue weighted by Gasteiger charge is 2.26. The lowest BCUT2D eigenvalue weighted by Crippen LogP contribution is -2.48. The van der Waals surface area contributed by atoms with Gasteiger partial charge in [-0.2, -0.15) is 0 Å². The molecule has 3 nitrogen and oxygen atoms in total. The van der Waals surface area contributed by atoms with Crippen LogP contribution in [0.3, 0.4) is 0 Å². The molecule has 0 aromatic heterocycles. The van der Waals surface area contributed by atoms with Crippen LogP contribution in [0.5, 0.6) is 0 Å². The van der Waals surface area contributed by atoms with Crippen LogP contribution in [-0.2, 0) is 12.8 Å². The second-order valence-corrected chi connectivity index (χ2v) is 7.07. The first-order chi connectivity index (χ1) is 11.0. The minimum atomic E-state index is -1.47. The van der Waals surface area contributed by atoms with Crippen LogP contribution in [-0.4, -0.2) is 22.0 Å². The Balaban J connectivity index is 2.23. The van der Waals surface area contributed by atoms with E-state index in [0.717, 1.165) is 12.8 Å². The highest BCUT2D eigenvalue weighted by molar-refractivity contribution is 5.23. The fourth-order valence-corrected chi connectivity index (χ4v) is 2.70. The van der Waals surface area contributed by atoms with Crippen molar-refractivity contribution in [1.82, 2.24) is 0 Å². The first kappa shape index (κ1) is 20.1. The van der Waals surface area contributed by atoms with E-state index in [-0.39, 0.29) is 0 Å². The van der Waals surface area contributed by atoms with Crippen LogP contribution in [0.15, 0.2) is 24.3 Å². The van der Waals surface area contributed by atoms with Crippen LogP contribution in [0, 0.1) is 0 Å². The second-order valence-electron chi connectivity index (χ2n) is 7.07. The Labute approximate surface area is 141 Å². The van der Waals surface area contributed by atoms with Crippen molar-refractivity contribution in [3.05, 3.63) is 35.4 Å². The summed E-state index contributed by atoms with van der Waals surface area (Å²) in [7, 11) is 0. The summed E-state index contributed by atoms with van der Waals surface area (Å²) in [4.78, 5) is 0. The molecule has 0 saturated carbocycles. The number of hydrogen-bond acceptors (Lipinski definition) is 3. The molecular weight excluding hydrogens is 286 g/mol. The molecule has 1 aromatic rings. The van der Waals surface area contributed by atoms with Gasteiger partial charge in [-0.05, 0) is 43.7 Å². The molecular formula is C20H35NO2. The van der Waals surface area contributed by atoms with Gasteiger partial charge in [-0.15, -0.1) is 0 Å². The molecule has 23 heavy (non-hydrogen) atoms. The summed E-state index contributed by atoms with van der Waals surface area (Å²) in [6.45, 7) is 3.93. The van der Waals surface area contributed by atoms with Crippen molar-refractivity contribution < 1.29 is 10.2 Å². The summed E-state index contributed by atoms with van der Waals surface area (Å²) in [6, 6.07) is 8.65. The molecule has 132 valence electrons. The predicted octanol–water partition coefficient (Wildman–Crippen LogP) is 3.94. The van der Waals surface area contributed by atoms with E-state index < -0.39 is 11.8 Å². The van der Waals surface area contributed by atoms with E-state index in [2.05, 4.69) is 31.2 Å². The lowest BCUT2D eigenvalue weighted by Gasteiger charge is -2.26. The van der Waals surface area contributed by atoms with Gasteiger partial charge in [0.2, 0.25) is 0 Å². The molecule has 0 heterocycles. The average Bonchev–Trinajstić information content (AvgIpc) is 2.53. The van der Waals surface area contributed by atoms with E-state index in [1.807, 2.05) is 0 Å². The van der Waals surface area contributed by atoms with E-state index in [4.69, 9.17) is 5.73 Å². The zero-order valence-electron chi connectivity index (χ0n) is 14.9. The van der Waals surface area contributed by atoms with Crippen molar-refractivity contribution >= 4 is 0 Å². The molecule has 3 heteroatoms. The van der Waals surface area contributed by atoms with Gasteiger partial charge in [0.05, 0.1) is 5.54 Å². The molecule has 1 aromatic carbocycles. The van der Waals surface area contributed by atoms with E-state index in [0.29, 0.717) is 6.42 Å². The monoisotopic (exact) mass is 321 g/mol. The molecule has 0 amide bonds. The number of hydrogen-bond donors (Lipinski definition) is 3. The molecule has 0 radical (unpaired) electrons. The van der Waals surface area contributed by atoms with Gasteiger partial charge in [0.25, 0.3) is 0 Å². The molecule has 0 spiro atoms. The van der Waals surface area contributed by atoms with E-state index in [1.54, 1.807) is 6.92 Å². The van der Waals surface area contributed by atoms with E-state index in [1.165, 1.54) is 56.1 Å². The summed E-state index contributed by atoms with van der Waals surface area (Å²) >= 11 is 0. The van der Waals surface area contributed by atoms with Gasteiger partial charge in [0.15, 0.2) is 6.29 Å². The molecule has 0 aliphatic heterocycles. The molecule has 1 rings (SSSR count). The molecule has 1 atom stereocenters. The Morgan fingerprint density at radius 2 is 1.35 bits per heavy atom. The Morgan fingerprint density at radius 3 is 1.87 bits per heavy atom. The topological polar surface area (TPSA) is 66.5 Å². The number of rotatable bonds is 12. The third-order valence-corrected chi connectivity index (χ3v) is 4.63. The smallest absolute Gasteiger partial charge is 0.169 e. The summed E-state index contributed by atoms with van der Waals surface area (Å²) < 4.78 is 0. The Hall–Kier alpha value is -0.900. The molecule has 0 fully saturated rings. The quantitative estimate of drug-likeness (QED) is 0.403. The van der Waals surface area contributed by atoms with Gasteiger partial charge in [-0.1, -0.05) is 69.7 Å². The Bertz CT molecular complexity index is 412. The number of aryl methyl sites for hydroxylation is 2. The molecule has 1 unspecified atom stereocenters. The number of benzene rings is 1. The number of nitrogens with two attached hydrogens (primary N) is 1. The first-order valence-electron chi connectivity index (χ1n) is 9.18.